The van der Waals surface area contributed by atoms with Gasteiger partial charge in [0.2, 0.25) is 6.04 Å². The van der Waals surface area contributed by atoms with E-state index in [9.17, 15) is 9.59 Å². The van der Waals surface area contributed by atoms with E-state index in [2.05, 4.69) is 15.5 Å². The zero-order chi connectivity index (χ0) is 24.5. The van der Waals surface area contributed by atoms with Crippen LogP contribution in [0.2, 0.25) is 10.0 Å². The van der Waals surface area contributed by atoms with Crippen LogP contribution in [0.4, 0.5) is 11.4 Å². The van der Waals surface area contributed by atoms with Crippen LogP contribution in [0.3, 0.4) is 0 Å². The Balaban J connectivity index is 2.44. The Morgan fingerprint density at radius 1 is 1.00 bits per heavy atom. The number of benzene rings is 2. The molecule has 1 atom stereocenters. The van der Waals surface area contributed by atoms with Crippen LogP contribution in [0.1, 0.15) is 20.8 Å². The van der Waals surface area contributed by atoms with Gasteiger partial charge in [-0.15, -0.1) is 5.11 Å². The summed E-state index contributed by atoms with van der Waals surface area (Å²) < 4.78 is 21.7. The van der Waals surface area contributed by atoms with Gasteiger partial charge in [0.15, 0.2) is 28.7 Å². The molecule has 11 heteroatoms. The number of hydrogen-bond acceptors (Lipinski definition) is 8. The largest absolute Gasteiger partial charge is 0.494 e. The van der Waals surface area contributed by atoms with Gasteiger partial charge in [0.1, 0.15) is 11.4 Å². The van der Waals surface area contributed by atoms with E-state index < -0.39 is 17.7 Å². The standard InChI is InChI=1S/C22H25Cl2N3O6/c1-6-32-15-9-8-14(24)21(33-7-2)20(15)25-22(29)18(12(3)28)26-27-19-16(30-4)10-13(23)11-17(19)31-5/h8-11,18H,6-7H2,1-5H3,(H,25,29). The van der Waals surface area contributed by atoms with Crippen molar-refractivity contribution in [3.63, 3.8) is 0 Å². The third kappa shape index (κ3) is 6.49. The molecule has 0 saturated carbocycles. The highest BCUT2D eigenvalue weighted by Crippen LogP contribution is 2.42. The van der Waals surface area contributed by atoms with Crippen molar-refractivity contribution < 1.29 is 28.5 Å². The molecule has 2 rings (SSSR count). The number of ether oxygens (including phenoxy) is 4. The summed E-state index contributed by atoms with van der Waals surface area (Å²) in [5.41, 5.74) is 0.371. The summed E-state index contributed by atoms with van der Waals surface area (Å²) in [7, 11) is 2.84. The lowest BCUT2D eigenvalue weighted by molar-refractivity contribution is -0.126. The van der Waals surface area contributed by atoms with E-state index >= 15 is 0 Å². The van der Waals surface area contributed by atoms with Crippen molar-refractivity contribution in [1.29, 1.82) is 0 Å². The van der Waals surface area contributed by atoms with Gasteiger partial charge in [-0.1, -0.05) is 23.2 Å². The van der Waals surface area contributed by atoms with E-state index in [1.54, 1.807) is 26.0 Å². The number of carbonyl (C=O) groups excluding carboxylic acids is 2. The zero-order valence-corrected chi connectivity index (χ0v) is 20.4. The first-order chi connectivity index (χ1) is 15.8. The molecule has 0 spiro atoms. The predicted molar refractivity (Wildman–Crippen MR) is 126 cm³/mol. The number of ketones is 1. The van der Waals surface area contributed by atoms with Crippen LogP contribution >= 0.6 is 23.2 Å². The number of carbonyl (C=O) groups is 2. The molecule has 1 unspecified atom stereocenters. The number of anilines is 1. The summed E-state index contributed by atoms with van der Waals surface area (Å²) in [4.78, 5) is 25.3. The Morgan fingerprint density at radius 3 is 2.12 bits per heavy atom. The third-order valence-corrected chi connectivity index (χ3v) is 4.78. The molecule has 178 valence electrons. The number of nitrogens with zero attached hydrogens (tertiary/aromatic N) is 2. The molecule has 0 aliphatic rings. The molecular formula is C22H25Cl2N3O6. The molecule has 9 nitrogen and oxygen atoms in total. The van der Waals surface area contributed by atoms with E-state index in [-0.39, 0.29) is 33.6 Å². The maximum atomic E-state index is 13.0. The average Bonchev–Trinajstić information content (AvgIpc) is 2.78. The first-order valence-electron chi connectivity index (χ1n) is 9.99. The molecule has 0 saturated heterocycles. The number of azo groups is 1. The van der Waals surface area contributed by atoms with Gasteiger partial charge < -0.3 is 24.3 Å². The normalized spacial score (nSPS) is 11.7. The molecule has 0 radical (unpaired) electrons. The first-order valence-corrected chi connectivity index (χ1v) is 10.7. The number of amides is 1. The second-order valence-electron chi connectivity index (χ2n) is 6.49. The summed E-state index contributed by atoms with van der Waals surface area (Å²) in [6, 6.07) is 4.73. The number of halogens is 2. The van der Waals surface area contributed by atoms with Gasteiger partial charge >= 0.3 is 0 Å². The summed E-state index contributed by atoms with van der Waals surface area (Å²) in [6.07, 6.45) is 0. The molecule has 0 aliphatic heterocycles. The molecule has 1 amide bonds. The van der Waals surface area contributed by atoms with Crippen molar-refractivity contribution >= 4 is 46.3 Å². The fourth-order valence-corrected chi connectivity index (χ4v) is 3.21. The molecule has 0 fully saturated rings. The highest BCUT2D eigenvalue weighted by molar-refractivity contribution is 6.33. The Morgan fingerprint density at radius 2 is 1.61 bits per heavy atom. The van der Waals surface area contributed by atoms with E-state index in [4.69, 9.17) is 42.1 Å². The summed E-state index contributed by atoms with van der Waals surface area (Å²) in [5.74, 6) is -0.211. The van der Waals surface area contributed by atoms with E-state index in [1.807, 2.05) is 0 Å². The van der Waals surface area contributed by atoms with E-state index in [0.717, 1.165) is 0 Å². The molecule has 0 heterocycles. The molecule has 2 aromatic rings. The summed E-state index contributed by atoms with van der Waals surface area (Å²) >= 11 is 12.3. The van der Waals surface area contributed by atoms with Gasteiger partial charge in [0, 0.05) is 17.2 Å². The van der Waals surface area contributed by atoms with Crippen molar-refractivity contribution in [1.82, 2.24) is 0 Å². The fourth-order valence-electron chi connectivity index (χ4n) is 2.80. The Bertz CT molecular complexity index is 1020. The summed E-state index contributed by atoms with van der Waals surface area (Å²) in [6.45, 7) is 5.42. The lowest BCUT2D eigenvalue weighted by Crippen LogP contribution is -2.32. The molecule has 0 aromatic heterocycles. The minimum atomic E-state index is -1.47. The zero-order valence-electron chi connectivity index (χ0n) is 18.9. The Labute approximate surface area is 202 Å². The van der Waals surface area contributed by atoms with Crippen molar-refractivity contribution in [2.24, 2.45) is 10.2 Å². The van der Waals surface area contributed by atoms with E-state index in [0.29, 0.717) is 24.0 Å². The van der Waals surface area contributed by atoms with Crippen LogP contribution in [0.25, 0.3) is 0 Å². The molecule has 0 aliphatic carbocycles. The molecular weight excluding hydrogens is 473 g/mol. The fraction of sp³-hybridized carbons (Fsp3) is 0.364. The number of methoxy groups -OCH3 is 2. The van der Waals surface area contributed by atoms with Crippen LogP contribution in [0.5, 0.6) is 23.0 Å². The highest BCUT2D eigenvalue weighted by Gasteiger charge is 2.27. The molecule has 0 bridgehead atoms. The lowest BCUT2D eigenvalue weighted by Gasteiger charge is -2.18. The minimum Gasteiger partial charge on any atom is -0.494 e. The monoisotopic (exact) mass is 497 g/mol. The topological polar surface area (TPSA) is 108 Å². The lowest BCUT2D eigenvalue weighted by atomic mass is 10.2. The van der Waals surface area contributed by atoms with Gasteiger partial charge in [0.05, 0.1) is 32.5 Å². The maximum Gasteiger partial charge on any atom is 0.259 e. The van der Waals surface area contributed by atoms with Crippen LogP contribution in [0.15, 0.2) is 34.5 Å². The van der Waals surface area contributed by atoms with Gasteiger partial charge in [-0.2, -0.15) is 5.11 Å². The summed E-state index contributed by atoms with van der Waals surface area (Å²) in [5, 5.41) is 11.3. The van der Waals surface area contributed by atoms with Crippen LogP contribution in [-0.2, 0) is 9.59 Å². The van der Waals surface area contributed by atoms with Gasteiger partial charge in [-0.05, 0) is 32.9 Å². The first kappa shape index (κ1) is 26.2. The second-order valence-corrected chi connectivity index (χ2v) is 7.34. The van der Waals surface area contributed by atoms with Crippen molar-refractivity contribution in [2.75, 3.05) is 32.8 Å². The molecule has 1 N–H and O–H groups in total. The number of Topliss-reactive ketones (excluding diaryl/α,β-unsaturated/α-hetero) is 1. The Hall–Kier alpha value is -3.04. The minimum absolute atomic E-state index is 0.177. The smallest absolute Gasteiger partial charge is 0.259 e. The van der Waals surface area contributed by atoms with E-state index in [1.165, 1.54) is 33.3 Å². The van der Waals surface area contributed by atoms with Crippen LogP contribution < -0.4 is 24.3 Å². The molecule has 2 aromatic carbocycles. The number of rotatable bonds is 11. The van der Waals surface area contributed by atoms with Crippen molar-refractivity contribution in [2.45, 2.75) is 26.8 Å². The van der Waals surface area contributed by atoms with Crippen LogP contribution in [0, 0.1) is 0 Å². The SMILES string of the molecule is CCOc1ccc(Cl)c(OCC)c1NC(=O)C(N=Nc1c(OC)cc(Cl)cc1OC)C(C)=O. The quantitative estimate of drug-likeness (QED) is 0.324. The maximum absolute atomic E-state index is 13.0. The number of nitrogens with one attached hydrogen (secondary N) is 1. The second kappa shape index (κ2) is 12.3. The van der Waals surface area contributed by atoms with Crippen molar-refractivity contribution in [3.8, 4) is 23.0 Å². The van der Waals surface area contributed by atoms with Crippen LogP contribution in [-0.4, -0.2) is 45.2 Å². The Kier molecular flexibility index (Phi) is 9.74. The van der Waals surface area contributed by atoms with Gasteiger partial charge in [-0.3, -0.25) is 9.59 Å². The molecule has 33 heavy (non-hydrogen) atoms. The van der Waals surface area contributed by atoms with Gasteiger partial charge in [-0.25, -0.2) is 0 Å². The van der Waals surface area contributed by atoms with Gasteiger partial charge in [0.25, 0.3) is 5.91 Å². The van der Waals surface area contributed by atoms with Crippen molar-refractivity contribution in [3.05, 3.63) is 34.3 Å². The average molecular weight is 498 g/mol. The third-order valence-electron chi connectivity index (χ3n) is 4.26. The predicted octanol–water partition coefficient (Wildman–Crippen LogP) is 5.49. The highest BCUT2D eigenvalue weighted by atomic mass is 35.5. The number of hydrogen-bond donors (Lipinski definition) is 1.